The molecule has 0 unspecified atom stereocenters. The fraction of sp³-hybridized carbons (Fsp3) is 0.667. The van der Waals surface area contributed by atoms with Gasteiger partial charge < -0.3 is 10.6 Å². The highest BCUT2D eigenvalue weighted by Gasteiger charge is 2.14. The van der Waals surface area contributed by atoms with E-state index in [4.69, 9.17) is 0 Å². The molecule has 0 aromatic carbocycles. The maximum Gasteiger partial charge on any atom is 0.246 e. The molecule has 1 atom stereocenters. The average molecular weight is 168 g/mol. The maximum absolute atomic E-state index is 11.1. The summed E-state index contributed by atoms with van der Waals surface area (Å²) in [6, 6.07) is 0.466. The van der Waals surface area contributed by atoms with Gasteiger partial charge in [0.2, 0.25) is 5.91 Å². The van der Waals surface area contributed by atoms with Crippen molar-refractivity contribution in [1.82, 2.24) is 10.6 Å². The van der Waals surface area contributed by atoms with Gasteiger partial charge >= 0.3 is 0 Å². The maximum atomic E-state index is 11.1. The third-order valence-corrected chi connectivity index (χ3v) is 2.06. The van der Waals surface area contributed by atoms with E-state index in [0.29, 0.717) is 11.6 Å². The van der Waals surface area contributed by atoms with Gasteiger partial charge in [-0.1, -0.05) is 6.58 Å². The number of rotatable bonds is 3. The lowest BCUT2D eigenvalue weighted by atomic mass is 10.2. The molecule has 0 aliphatic carbocycles. The van der Waals surface area contributed by atoms with Crippen LogP contribution in [0.4, 0.5) is 0 Å². The van der Waals surface area contributed by atoms with E-state index in [1.54, 1.807) is 6.92 Å². The third-order valence-electron chi connectivity index (χ3n) is 2.06. The van der Waals surface area contributed by atoms with E-state index in [1.807, 2.05) is 0 Å². The van der Waals surface area contributed by atoms with Crippen molar-refractivity contribution in [2.45, 2.75) is 25.8 Å². The van der Waals surface area contributed by atoms with Gasteiger partial charge in [0.05, 0.1) is 0 Å². The zero-order chi connectivity index (χ0) is 8.97. The number of amides is 1. The third kappa shape index (κ3) is 2.66. The quantitative estimate of drug-likeness (QED) is 0.600. The molecule has 1 aliphatic rings. The molecule has 0 radical (unpaired) electrons. The van der Waals surface area contributed by atoms with Crippen molar-refractivity contribution in [3.05, 3.63) is 12.2 Å². The molecule has 2 N–H and O–H groups in total. The standard InChI is InChI=1S/C9H16N2O/c1-7(2)9(12)11-6-8-4-3-5-10-8/h8,10H,1,3-6H2,2H3,(H,11,12)/t8-/m0/s1. The largest absolute Gasteiger partial charge is 0.351 e. The first-order valence-electron chi connectivity index (χ1n) is 4.37. The summed E-state index contributed by atoms with van der Waals surface area (Å²) in [5, 5.41) is 6.13. The number of hydrogen-bond acceptors (Lipinski definition) is 2. The van der Waals surface area contributed by atoms with Crippen LogP contribution in [0.5, 0.6) is 0 Å². The Morgan fingerprint density at radius 2 is 2.50 bits per heavy atom. The lowest BCUT2D eigenvalue weighted by molar-refractivity contribution is -0.117. The highest BCUT2D eigenvalue weighted by atomic mass is 16.1. The van der Waals surface area contributed by atoms with Crippen molar-refractivity contribution >= 4 is 5.91 Å². The summed E-state index contributed by atoms with van der Waals surface area (Å²) in [6.45, 7) is 7.09. The van der Waals surface area contributed by atoms with Gasteiger partial charge in [-0.05, 0) is 26.3 Å². The van der Waals surface area contributed by atoms with Crippen LogP contribution in [0.25, 0.3) is 0 Å². The minimum atomic E-state index is -0.0382. The SMILES string of the molecule is C=C(C)C(=O)NC[C@@H]1CCCN1. The van der Waals surface area contributed by atoms with Crippen LogP contribution in [0, 0.1) is 0 Å². The van der Waals surface area contributed by atoms with Crippen LogP contribution in [0.15, 0.2) is 12.2 Å². The number of carbonyl (C=O) groups excluding carboxylic acids is 1. The first-order chi connectivity index (χ1) is 5.70. The number of hydrogen-bond donors (Lipinski definition) is 2. The number of carbonyl (C=O) groups is 1. The Morgan fingerprint density at radius 3 is 3.00 bits per heavy atom. The molecule has 0 aromatic rings. The molecule has 1 fully saturated rings. The van der Waals surface area contributed by atoms with E-state index in [2.05, 4.69) is 17.2 Å². The molecule has 1 heterocycles. The zero-order valence-electron chi connectivity index (χ0n) is 7.52. The summed E-state index contributed by atoms with van der Waals surface area (Å²) < 4.78 is 0. The molecule has 68 valence electrons. The molecule has 1 aliphatic heterocycles. The van der Waals surface area contributed by atoms with Gasteiger partial charge in [-0.3, -0.25) is 4.79 Å². The summed E-state index contributed by atoms with van der Waals surface area (Å²) >= 11 is 0. The van der Waals surface area contributed by atoms with E-state index >= 15 is 0 Å². The molecule has 0 bridgehead atoms. The van der Waals surface area contributed by atoms with Crippen LogP contribution in [0.1, 0.15) is 19.8 Å². The molecular weight excluding hydrogens is 152 g/mol. The van der Waals surface area contributed by atoms with Crippen LogP contribution in [-0.4, -0.2) is 25.0 Å². The Labute approximate surface area is 73.2 Å². The normalized spacial score (nSPS) is 22.2. The fourth-order valence-corrected chi connectivity index (χ4v) is 1.30. The van der Waals surface area contributed by atoms with Gasteiger partial charge in [-0.15, -0.1) is 0 Å². The van der Waals surface area contributed by atoms with Gasteiger partial charge in [-0.2, -0.15) is 0 Å². The van der Waals surface area contributed by atoms with Gasteiger partial charge in [-0.25, -0.2) is 0 Å². The lowest BCUT2D eigenvalue weighted by Gasteiger charge is -2.10. The minimum absolute atomic E-state index is 0.0382. The Balaban J connectivity index is 2.16. The smallest absolute Gasteiger partial charge is 0.246 e. The predicted molar refractivity (Wildman–Crippen MR) is 48.8 cm³/mol. The Kier molecular flexibility index (Phi) is 3.29. The topological polar surface area (TPSA) is 41.1 Å². The van der Waals surface area contributed by atoms with Crippen molar-refractivity contribution < 1.29 is 4.79 Å². The molecule has 1 amide bonds. The zero-order valence-corrected chi connectivity index (χ0v) is 7.52. The minimum Gasteiger partial charge on any atom is -0.351 e. The van der Waals surface area contributed by atoms with Crippen LogP contribution in [0.3, 0.4) is 0 Å². The Morgan fingerprint density at radius 1 is 1.75 bits per heavy atom. The summed E-state index contributed by atoms with van der Waals surface area (Å²) in [5.74, 6) is -0.0382. The van der Waals surface area contributed by atoms with Gasteiger partial charge in [0, 0.05) is 18.2 Å². The Hall–Kier alpha value is -0.830. The molecule has 0 spiro atoms. The molecule has 1 rings (SSSR count). The Bertz CT molecular complexity index is 183. The van der Waals surface area contributed by atoms with Gasteiger partial charge in [0.1, 0.15) is 0 Å². The first kappa shape index (κ1) is 9.26. The summed E-state index contributed by atoms with van der Waals surface area (Å²) in [6.07, 6.45) is 2.38. The highest BCUT2D eigenvalue weighted by molar-refractivity contribution is 5.92. The van der Waals surface area contributed by atoms with Crippen molar-refractivity contribution in [3.8, 4) is 0 Å². The second-order valence-electron chi connectivity index (χ2n) is 3.28. The van der Waals surface area contributed by atoms with E-state index in [9.17, 15) is 4.79 Å². The van der Waals surface area contributed by atoms with E-state index in [-0.39, 0.29) is 5.91 Å². The number of nitrogens with one attached hydrogen (secondary N) is 2. The summed E-state index contributed by atoms with van der Waals surface area (Å²) in [4.78, 5) is 11.1. The van der Waals surface area contributed by atoms with Gasteiger partial charge in [0.15, 0.2) is 0 Å². The molecule has 0 saturated carbocycles. The van der Waals surface area contributed by atoms with Crippen molar-refractivity contribution in [2.75, 3.05) is 13.1 Å². The monoisotopic (exact) mass is 168 g/mol. The van der Waals surface area contributed by atoms with Crippen molar-refractivity contribution in [2.24, 2.45) is 0 Å². The first-order valence-corrected chi connectivity index (χ1v) is 4.37. The molecule has 3 nitrogen and oxygen atoms in total. The van der Waals surface area contributed by atoms with Crippen LogP contribution in [-0.2, 0) is 4.79 Å². The fourth-order valence-electron chi connectivity index (χ4n) is 1.30. The average Bonchev–Trinajstić information content (AvgIpc) is 2.51. The van der Waals surface area contributed by atoms with Crippen LogP contribution >= 0.6 is 0 Å². The van der Waals surface area contributed by atoms with E-state index in [0.717, 1.165) is 19.5 Å². The molecular formula is C9H16N2O. The highest BCUT2D eigenvalue weighted by Crippen LogP contribution is 2.03. The molecule has 3 heteroatoms. The second-order valence-corrected chi connectivity index (χ2v) is 3.28. The van der Waals surface area contributed by atoms with Crippen LogP contribution < -0.4 is 10.6 Å². The second kappa shape index (κ2) is 4.26. The van der Waals surface area contributed by atoms with Crippen molar-refractivity contribution in [1.29, 1.82) is 0 Å². The predicted octanol–water partition coefficient (Wildman–Crippen LogP) is 0.431. The van der Waals surface area contributed by atoms with E-state index in [1.165, 1.54) is 6.42 Å². The summed E-state index contributed by atoms with van der Waals surface area (Å²) in [7, 11) is 0. The summed E-state index contributed by atoms with van der Waals surface area (Å²) in [5.41, 5.74) is 0.577. The molecule has 1 saturated heterocycles. The lowest BCUT2D eigenvalue weighted by Crippen LogP contribution is -2.37. The molecule has 12 heavy (non-hydrogen) atoms. The molecule has 0 aromatic heterocycles. The van der Waals surface area contributed by atoms with E-state index < -0.39 is 0 Å². The van der Waals surface area contributed by atoms with Crippen LogP contribution in [0.2, 0.25) is 0 Å². The van der Waals surface area contributed by atoms with Gasteiger partial charge in [0.25, 0.3) is 0 Å². The van der Waals surface area contributed by atoms with Crippen molar-refractivity contribution in [3.63, 3.8) is 0 Å².